The van der Waals surface area contributed by atoms with Crippen molar-refractivity contribution in [1.29, 1.82) is 0 Å². The highest BCUT2D eigenvalue weighted by molar-refractivity contribution is 6.03. The number of hydrogen-bond acceptors (Lipinski definition) is 6. The van der Waals surface area contributed by atoms with Crippen molar-refractivity contribution >= 4 is 23.8 Å². The summed E-state index contributed by atoms with van der Waals surface area (Å²) in [6, 6.07) is 3.18. The molecule has 1 unspecified atom stereocenters. The van der Waals surface area contributed by atoms with Crippen LogP contribution < -0.4 is 10.2 Å². The number of pyridine rings is 1. The fraction of sp³-hybridized carbons (Fsp3) is 0.667. The molecule has 1 aromatic heterocycles. The molecule has 0 aliphatic carbocycles. The topological polar surface area (TPSA) is 97.8 Å². The third-order valence-electron chi connectivity index (χ3n) is 4.44. The molecule has 0 radical (unpaired) electrons. The number of carbonyl (C=O) groups excluding carboxylic acids is 3. The Kier molecular flexibility index (Phi) is 10.1. The number of nitrogens with zero attached hydrogens (tertiary/aromatic N) is 2. The molecule has 0 aliphatic heterocycles. The van der Waals surface area contributed by atoms with E-state index in [1.165, 1.54) is 4.90 Å². The normalized spacial score (nSPS) is 12.6. The first-order valence-electron chi connectivity index (χ1n) is 11.2. The van der Waals surface area contributed by atoms with Gasteiger partial charge >= 0.3 is 12.2 Å². The number of Topliss-reactive ketones (excluding diaryl/α,β-unsaturated/α-hetero) is 1. The zero-order valence-corrected chi connectivity index (χ0v) is 20.8. The Morgan fingerprint density at radius 2 is 1.69 bits per heavy atom. The number of alkyl carbamates (subject to hydrolysis) is 1. The number of nitrogens with one attached hydrogen (secondary N) is 1. The lowest BCUT2D eigenvalue weighted by Crippen LogP contribution is -2.43. The standard InChI is InChI=1S/C24H39N3O5/c1-9-17(2)27(22(30)32-24(6,7)8)20-18(13-12-16-25-20)19(28)14-10-11-15-26-21(29)31-23(3,4)5/h12-13,16-17H,9-11,14-15H2,1-8H3,(H,26,29). The molecule has 1 rings (SSSR count). The molecule has 0 spiro atoms. The summed E-state index contributed by atoms with van der Waals surface area (Å²) < 4.78 is 10.8. The quantitative estimate of drug-likeness (QED) is 0.395. The molecule has 1 heterocycles. The molecule has 1 atom stereocenters. The molecule has 0 bridgehead atoms. The molecule has 0 aliphatic rings. The van der Waals surface area contributed by atoms with Crippen LogP contribution in [0.1, 0.15) is 91.4 Å². The minimum atomic E-state index is -0.664. The largest absolute Gasteiger partial charge is 0.444 e. The zero-order valence-electron chi connectivity index (χ0n) is 20.8. The third-order valence-corrected chi connectivity index (χ3v) is 4.44. The van der Waals surface area contributed by atoms with E-state index in [1.54, 1.807) is 59.9 Å². The van der Waals surface area contributed by atoms with Crippen LogP contribution in [0.25, 0.3) is 0 Å². The number of hydrogen-bond donors (Lipinski definition) is 1. The number of anilines is 1. The predicted molar refractivity (Wildman–Crippen MR) is 125 cm³/mol. The van der Waals surface area contributed by atoms with Crippen molar-refractivity contribution in [3.8, 4) is 0 Å². The van der Waals surface area contributed by atoms with Crippen LogP contribution in [0.4, 0.5) is 15.4 Å². The summed E-state index contributed by atoms with van der Waals surface area (Å²) in [6.07, 6.45) is 2.73. The Bertz CT molecular complexity index is 781. The van der Waals surface area contributed by atoms with Gasteiger partial charge in [-0.05, 0) is 79.9 Å². The van der Waals surface area contributed by atoms with Crippen LogP contribution in [0.2, 0.25) is 0 Å². The van der Waals surface area contributed by atoms with Crippen molar-refractivity contribution in [3.63, 3.8) is 0 Å². The monoisotopic (exact) mass is 449 g/mol. The van der Waals surface area contributed by atoms with E-state index in [-0.39, 0.29) is 18.2 Å². The summed E-state index contributed by atoms with van der Waals surface area (Å²) in [5.74, 6) is 0.204. The Hall–Kier alpha value is -2.64. The highest BCUT2D eigenvalue weighted by Crippen LogP contribution is 2.25. The van der Waals surface area contributed by atoms with Crippen LogP contribution in [0.15, 0.2) is 18.3 Å². The van der Waals surface area contributed by atoms with Crippen molar-refractivity contribution in [3.05, 3.63) is 23.9 Å². The van der Waals surface area contributed by atoms with Crippen LogP contribution in [-0.4, -0.2) is 46.7 Å². The van der Waals surface area contributed by atoms with Crippen LogP contribution in [-0.2, 0) is 9.47 Å². The van der Waals surface area contributed by atoms with Crippen LogP contribution in [0.3, 0.4) is 0 Å². The van der Waals surface area contributed by atoms with Gasteiger partial charge < -0.3 is 14.8 Å². The molecule has 0 fully saturated rings. The molecule has 32 heavy (non-hydrogen) atoms. The summed E-state index contributed by atoms with van der Waals surface area (Å²) in [5, 5.41) is 2.69. The number of ether oxygens (including phenoxy) is 2. The second kappa shape index (κ2) is 11.8. The number of carbonyl (C=O) groups is 3. The van der Waals surface area contributed by atoms with Crippen LogP contribution in [0, 0.1) is 0 Å². The van der Waals surface area contributed by atoms with Gasteiger partial charge in [-0.2, -0.15) is 0 Å². The van der Waals surface area contributed by atoms with Gasteiger partial charge in [0.05, 0.1) is 5.56 Å². The average Bonchev–Trinajstić information content (AvgIpc) is 2.65. The van der Waals surface area contributed by atoms with E-state index in [4.69, 9.17) is 9.47 Å². The number of rotatable bonds is 9. The van der Waals surface area contributed by atoms with Crippen molar-refractivity contribution in [2.24, 2.45) is 0 Å². The smallest absolute Gasteiger partial charge is 0.416 e. The Balaban J connectivity index is 2.82. The number of ketones is 1. The predicted octanol–water partition coefficient (Wildman–Crippen LogP) is 5.50. The van der Waals surface area contributed by atoms with Gasteiger partial charge in [-0.1, -0.05) is 6.92 Å². The van der Waals surface area contributed by atoms with E-state index in [1.807, 2.05) is 13.8 Å². The first-order valence-corrected chi connectivity index (χ1v) is 11.2. The third kappa shape index (κ3) is 9.66. The van der Waals surface area contributed by atoms with E-state index in [2.05, 4.69) is 10.3 Å². The highest BCUT2D eigenvalue weighted by Gasteiger charge is 2.30. The molecule has 0 aromatic carbocycles. The van der Waals surface area contributed by atoms with Crippen molar-refractivity contribution in [1.82, 2.24) is 10.3 Å². The Morgan fingerprint density at radius 1 is 1.06 bits per heavy atom. The molecular weight excluding hydrogens is 410 g/mol. The summed E-state index contributed by atoms with van der Waals surface area (Å²) in [5.41, 5.74) is -0.825. The average molecular weight is 450 g/mol. The molecule has 180 valence electrons. The van der Waals surface area contributed by atoms with Crippen molar-refractivity contribution in [2.75, 3.05) is 11.4 Å². The highest BCUT2D eigenvalue weighted by atomic mass is 16.6. The van der Waals surface area contributed by atoms with E-state index < -0.39 is 23.4 Å². The molecular formula is C24H39N3O5. The van der Waals surface area contributed by atoms with Gasteiger partial charge in [0.25, 0.3) is 0 Å². The van der Waals surface area contributed by atoms with Crippen molar-refractivity contribution in [2.45, 2.75) is 98.3 Å². The second-order valence-electron chi connectivity index (χ2n) is 9.79. The first-order chi connectivity index (χ1) is 14.7. The van der Waals surface area contributed by atoms with Gasteiger partial charge in [-0.15, -0.1) is 0 Å². The lowest BCUT2D eigenvalue weighted by molar-refractivity contribution is 0.0524. The number of unbranched alkanes of at least 4 members (excludes halogenated alkanes) is 1. The minimum absolute atomic E-state index is 0.109. The van der Waals surface area contributed by atoms with Crippen LogP contribution in [0.5, 0.6) is 0 Å². The van der Waals surface area contributed by atoms with Gasteiger partial charge in [0.15, 0.2) is 5.78 Å². The maximum Gasteiger partial charge on any atom is 0.416 e. The summed E-state index contributed by atoms with van der Waals surface area (Å²) in [7, 11) is 0. The molecule has 0 saturated carbocycles. The van der Waals surface area contributed by atoms with Gasteiger partial charge in [-0.25, -0.2) is 14.6 Å². The van der Waals surface area contributed by atoms with E-state index in [9.17, 15) is 14.4 Å². The first kappa shape index (κ1) is 27.4. The zero-order chi connectivity index (χ0) is 24.5. The van der Waals surface area contributed by atoms with Crippen LogP contribution >= 0.6 is 0 Å². The molecule has 8 heteroatoms. The molecule has 8 nitrogen and oxygen atoms in total. The summed E-state index contributed by atoms with van der Waals surface area (Å²) in [4.78, 5) is 43.3. The summed E-state index contributed by atoms with van der Waals surface area (Å²) in [6.45, 7) is 15.1. The van der Waals surface area contributed by atoms with Gasteiger partial charge in [0.1, 0.15) is 17.0 Å². The molecule has 1 aromatic rings. The Morgan fingerprint density at radius 3 is 2.25 bits per heavy atom. The van der Waals surface area contributed by atoms with E-state index in [0.29, 0.717) is 37.2 Å². The molecule has 0 saturated heterocycles. The summed E-state index contributed by atoms with van der Waals surface area (Å²) >= 11 is 0. The van der Waals surface area contributed by atoms with E-state index in [0.717, 1.165) is 0 Å². The maximum absolute atomic E-state index is 12.9. The number of amides is 2. The fourth-order valence-corrected chi connectivity index (χ4v) is 2.83. The van der Waals surface area contributed by atoms with Crippen molar-refractivity contribution < 1.29 is 23.9 Å². The van der Waals surface area contributed by atoms with E-state index >= 15 is 0 Å². The lowest BCUT2D eigenvalue weighted by Gasteiger charge is -2.31. The fourth-order valence-electron chi connectivity index (χ4n) is 2.83. The maximum atomic E-state index is 12.9. The minimum Gasteiger partial charge on any atom is -0.444 e. The molecule has 2 amide bonds. The number of aromatic nitrogens is 1. The Labute approximate surface area is 192 Å². The lowest BCUT2D eigenvalue weighted by atomic mass is 10.0. The van der Waals surface area contributed by atoms with Gasteiger partial charge in [0.2, 0.25) is 0 Å². The molecule has 1 N–H and O–H groups in total. The SMILES string of the molecule is CCC(C)N(C(=O)OC(C)(C)C)c1ncccc1C(=O)CCCCNC(=O)OC(C)(C)C. The second-order valence-corrected chi connectivity index (χ2v) is 9.79. The van der Waals surface area contributed by atoms with Gasteiger partial charge in [-0.3, -0.25) is 9.69 Å². The van der Waals surface area contributed by atoms with Gasteiger partial charge in [0, 0.05) is 25.2 Å².